The van der Waals surface area contributed by atoms with E-state index < -0.39 is 18.0 Å². The van der Waals surface area contributed by atoms with Crippen LogP contribution in [0.3, 0.4) is 0 Å². The summed E-state index contributed by atoms with van der Waals surface area (Å²) in [4.78, 5) is 39.0. The summed E-state index contributed by atoms with van der Waals surface area (Å²) in [5.41, 5.74) is 1.99. The highest BCUT2D eigenvalue weighted by Gasteiger charge is 2.26. The number of aldehydes is 1. The molecule has 0 aromatic carbocycles. The highest BCUT2D eigenvalue weighted by molar-refractivity contribution is 5.92. The molecule has 0 spiro atoms. The quantitative estimate of drug-likeness (QED) is 0.508. The monoisotopic (exact) mass is 350 g/mol. The van der Waals surface area contributed by atoms with Crippen molar-refractivity contribution in [1.29, 1.82) is 0 Å². The van der Waals surface area contributed by atoms with Crippen molar-refractivity contribution in [2.75, 3.05) is 20.3 Å². The van der Waals surface area contributed by atoms with E-state index in [1.54, 1.807) is 13.1 Å². The van der Waals surface area contributed by atoms with Crippen molar-refractivity contribution in [2.24, 2.45) is 5.92 Å². The number of aliphatic hydroxyl groups excluding tert-OH is 1. The van der Waals surface area contributed by atoms with E-state index >= 15 is 0 Å². The number of rotatable bonds is 8. The number of nitrogens with zero attached hydrogens (tertiary/aromatic N) is 1. The van der Waals surface area contributed by atoms with Crippen LogP contribution >= 0.6 is 0 Å². The molecule has 1 aliphatic heterocycles. The van der Waals surface area contributed by atoms with Gasteiger partial charge in [0.05, 0.1) is 18.2 Å². The van der Waals surface area contributed by atoms with Crippen LogP contribution in [-0.4, -0.2) is 54.7 Å². The van der Waals surface area contributed by atoms with Gasteiger partial charge in [0.2, 0.25) is 5.91 Å². The van der Waals surface area contributed by atoms with Gasteiger partial charge in [0.1, 0.15) is 12.4 Å². The van der Waals surface area contributed by atoms with Crippen molar-refractivity contribution in [3.8, 4) is 0 Å². The van der Waals surface area contributed by atoms with E-state index in [1.165, 1.54) is 13.3 Å². The number of carbonyl (C=O) groups is 3. The van der Waals surface area contributed by atoms with E-state index in [4.69, 9.17) is 9.47 Å². The lowest BCUT2D eigenvalue weighted by Crippen LogP contribution is -2.35. The Morgan fingerprint density at radius 1 is 1.52 bits per heavy atom. The maximum absolute atomic E-state index is 12.3. The van der Waals surface area contributed by atoms with Gasteiger partial charge in [-0.3, -0.25) is 9.78 Å². The molecule has 3 unspecified atom stereocenters. The van der Waals surface area contributed by atoms with Gasteiger partial charge in [-0.25, -0.2) is 4.79 Å². The van der Waals surface area contributed by atoms with Crippen LogP contribution in [0.25, 0.3) is 0 Å². The Kier molecular flexibility index (Phi) is 6.60. The Balaban J connectivity index is 2.08. The molecule has 1 aromatic rings. The van der Waals surface area contributed by atoms with Gasteiger partial charge in [-0.15, -0.1) is 0 Å². The minimum Gasteiger partial charge on any atom is -0.462 e. The van der Waals surface area contributed by atoms with Crippen LogP contribution in [0.5, 0.6) is 0 Å². The molecule has 0 saturated heterocycles. The topological polar surface area (TPSA) is 115 Å². The van der Waals surface area contributed by atoms with E-state index in [0.29, 0.717) is 24.9 Å². The summed E-state index contributed by atoms with van der Waals surface area (Å²) < 4.78 is 9.96. The lowest BCUT2D eigenvalue weighted by atomic mass is 9.95. The zero-order valence-corrected chi connectivity index (χ0v) is 14.2. The average molecular weight is 350 g/mol. The molecule has 8 heteroatoms. The van der Waals surface area contributed by atoms with E-state index in [0.717, 1.165) is 11.1 Å². The highest BCUT2D eigenvalue weighted by atomic mass is 16.5. The van der Waals surface area contributed by atoms with Crippen molar-refractivity contribution in [2.45, 2.75) is 31.9 Å². The molecule has 0 radical (unpaired) electrons. The molecule has 1 aliphatic rings. The lowest BCUT2D eigenvalue weighted by Gasteiger charge is -2.24. The number of hydrogen-bond acceptors (Lipinski definition) is 7. The summed E-state index contributed by atoms with van der Waals surface area (Å²) in [6.07, 6.45) is 3.32. The second kappa shape index (κ2) is 8.68. The van der Waals surface area contributed by atoms with Crippen LogP contribution in [0.2, 0.25) is 0 Å². The fourth-order valence-electron chi connectivity index (χ4n) is 2.92. The zero-order chi connectivity index (χ0) is 18.4. The number of methoxy groups -OCH3 is 1. The standard InChI is InChI=1S/C17H22N2O6/c1-10(19-16(22)5-11(8-20)15(9-21)24-2)13-6-18-7-14-12(13)3-4-25-17(14)23/h6-7,9-11,15,20H,3-5,8H2,1-2H3,(H,19,22). The molecule has 2 rings (SSSR count). The third kappa shape index (κ3) is 4.40. The van der Waals surface area contributed by atoms with Crippen LogP contribution < -0.4 is 5.32 Å². The molecule has 1 amide bonds. The number of fused-ring (bicyclic) bond motifs is 1. The van der Waals surface area contributed by atoms with Gasteiger partial charge in [-0.1, -0.05) is 0 Å². The number of amides is 1. The molecule has 1 aromatic heterocycles. The Morgan fingerprint density at radius 2 is 2.28 bits per heavy atom. The van der Waals surface area contributed by atoms with Crippen LogP contribution in [-0.2, 0) is 25.5 Å². The largest absolute Gasteiger partial charge is 0.462 e. The highest BCUT2D eigenvalue weighted by Crippen LogP contribution is 2.25. The number of hydrogen-bond donors (Lipinski definition) is 2. The van der Waals surface area contributed by atoms with Crippen LogP contribution in [0.1, 0.15) is 40.9 Å². The van der Waals surface area contributed by atoms with Gasteiger partial charge in [-0.2, -0.15) is 0 Å². The molecule has 0 aliphatic carbocycles. The van der Waals surface area contributed by atoms with Gasteiger partial charge in [0, 0.05) is 44.9 Å². The fraction of sp³-hybridized carbons (Fsp3) is 0.529. The summed E-state index contributed by atoms with van der Waals surface area (Å²) in [7, 11) is 1.35. The van der Waals surface area contributed by atoms with Gasteiger partial charge >= 0.3 is 5.97 Å². The number of esters is 1. The van der Waals surface area contributed by atoms with Crippen molar-refractivity contribution in [1.82, 2.24) is 10.3 Å². The van der Waals surface area contributed by atoms with Gasteiger partial charge in [0.15, 0.2) is 0 Å². The molecule has 0 saturated carbocycles. The normalized spacial score (nSPS) is 17.0. The van der Waals surface area contributed by atoms with Crippen LogP contribution in [0, 0.1) is 5.92 Å². The van der Waals surface area contributed by atoms with Gasteiger partial charge in [0.25, 0.3) is 0 Å². The van der Waals surface area contributed by atoms with Crippen LogP contribution in [0.4, 0.5) is 0 Å². The van der Waals surface area contributed by atoms with Gasteiger partial charge < -0.3 is 24.7 Å². The number of aliphatic hydroxyl groups is 1. The number of nitrogens with one attached hydrogen (secondary N) is 1. The maximum atomic E-state index is 12.3. The SMILES string of the molecule is COC(C=O)C(CO)CC(=O)NC(C)c1cncc2c1CCOC2=O. The van der Waals surface area contributed by atoms with E-state index in [1.807, 2.05) is 0 Å². The Morgan fingerprint density at radius 3 is 2.92 bits per heavy atom. The Labute approximate surface area is 145 Å². The molecule has 25 heavy (non-hydrogen) atoms. The predicted octanol–water partition coefficient (Wildman–Crippen LogP) is 0.184. The first-order valence-electron chi connectivity index (χ1n) is 8.04. The van der Waals surface area contributed by atoms with Gasteiger partial charge in [-0.05, 0) is 18.1 Å². The van der Waals surface area contributed by atoms with E-state index in [2.05, 4.69) is 10.3 Å². The number of ether oxygens (including phenoxy) is 2. The number of carbonyl (C=O) groups excluding carboxylic acids is 3. The first-order valence-corrected chi connectivity index (χ1v) is 8.04. The summed E-state index contributed by atoms with van der Waals surface area (Å²) in [5.74, 6) is -1.36. The second-order valence-electron chi connectivity index (χ2n) is 5.91. The number of aromatic nitrogens is 1. The van der Waals surface area contributed by atoms with E-state index in [-0.39, 0.29) is 25.0 Å². The Hall–Kier alpha value is -2.32. The summed E-state index contributed by atoms with van der Waals surface area (Å²) in [5, 5.41) is 12.2. The molecular weight excluding hydrogens is 328 g/mol. The fourth-order valence-corrected chi connectivity index (χ4v) is 2.92. The first kappa shape index (κ1) is 19.0. The van der Waals surface area contributed by atoms with Crippen LogP contribution in [0.15, 0.2) is 12.4 Å². The Bertz CT molecular complexity index is 648. The summed E-state index contributed by atoms with van der Waals surface area (Å²) in [6, 6.07) is -0.377. The summed E-state index contributed by atoms with van der Waals surface area (Å²) in [6.45, 7) is 1.74. The predicted molar refractivity (Wildman–Crippen MR) is 86.8 cm³/mol. The number of cyclic esters (lactones) is 1. The molecular formula is C17H22N2O6. The third-order valence-corrected chi connectivity index (χ3v) is 4.29. The molecule has 3 atom stereocenters. The average Bonchev–Trinajstić information content (AvgIpc) is 2.61. The maximum Gasteiger partial charge on any atom is 0.340 e. The van der Waals surface area contributed by atoms with Crippen molar-refractivity contribution >= 4 is 18.2 Å². The van der Waals surface area contributed by atoms with Crippen molar-refractivity contribution in [3.05, 3.63) is 29.1 Å². The van der Waals surface area contributed by atoms with Crippen molar-refractivity contribution in [3.63, 3.8) is 0 Å². The molecule has 136 valence electrons. The minimum atomic E-state index is -0.841. The zero-order valence-electron chi connectivity index (χ0n) is 14.2. The molecule has 2 heterocycles. The molecule has 8 nitrogen and oxygen atoms in total. The molecule has 0 fully saturated rings. The second-order valence-corrected chi connectivity index (χ2v) is 5.91. The molecule has 2 N–H and O–H groups in total. The lowest BCUT2D eigenvalue weighted by molar-refractivity contribution is -0.127. The van der Waals surface area contributed by atoms with E-state index in [9.17, 15) is 19.5 Å². The van der Waals surface area contributed by atoms with Crippen molar-refractivity contribution < 1.29 is 29.0 Å². The smallest absolute Gasteiger partial charge is 0.340 e. The number of pyridine rings is 1. The minimum absolute atomic E-state index is 0.0530. The molecule has 0 bridgehead atoms. The summed E-state index contributed by atoms with van der Waals surface area (Å²) >= 11 is 0. The third-order valence-electron chi connectivity index (χ3n) is 4.29. The first-order chi connectivity index (χ1) is 12.0.